The minimum Gasteiger partial charge on any atom is -0.370 e. The number of oxime groups is 1. The topological polar surface area (TPSA) is 83.7 Å². The van der Waals surface area contributed by atoms with E-state index in [4.69, 9.17) is 25.9 Å². The first-order chi connectivity index (χ1) is 10.5. The Morgan fingerprint density at radius 2 is 2.18 bits per heavy atom. The van der Waals surface area contributed by atoms with Gasteiger partial charge in [0.25, 0.3) is 0 Å². The van der Waals surface area contributed by atoms with Crippen LogP contribution in [0.4, 0.5) is 0 Å². The van der Waals surface area contributed by atoms with Gasteiger partial charge in [0.1, 0.15) is 24.3 Å². The van der Waals surface area contributed by atoms with E-state index in [0.717, 1.165) is 5.71 Å². The highest BCUT2D eigenvalue weighted by atomic mass is 35.5. The molecule has 0 unspecified atom stereocenters. The number of imidazole rings is 1. The van der Waals surface area contributed by atoms with Gasteiger partial charge < -0.3 is 14.3 Å². The average molecular weight is 324 g/mol. The Balaban J connectivity index is 1.55. The highest BCUT2D eigenvalue weighted by Crippen LogP contribution is 2.31. The molecule has 0 saturated carbocycles. The van der Waals surface area contributed by atoms with Crippen LogP contribution >= 0.6 is 11.6 Å². The predicted octanol–water partition coefficient (Wildman–Crippen LogP) is 1.91. The Morgan fingerprint density at radius 3 is 2.95 bits per heavy atom. The van der Waals surface area contributed by atoms with E-state index in [0.29, 0.717) is 29.3 Å². The molecule has 2 aliphatic rings. The number of aromatic nitrogens is 4. The van der Waals surface area contributed by atoms with E-state index in [9.17, 15) is 0 Å². The molecule has 0 aliphatic carbocycles. The number of hydrogen-bond donors (Lipinski definition) is 0. The van der Waals surface area contributed by atoms with Crippen LogP contribution in [0.15, 0.2) is 17.8 Å². The molecule has 22 heavy (non-hydrogen) atoms. The van der Waals surface area contributed by atoms with E-state index in [1.165, 1.54) is 6.33 Å². The van der Waals surface area contributed by atoms with Crippen molar-refractivity contribution in [2.45, 2.75) is 38.4 Å². The third-order valence-corrected chi connectivity index (χ3v) is 3.96. The summed E-state index contributed by atoms with van der Waals surface area (Å²) in [7, 11) is 0. The van der Waals surface area contributed by atoms with Gasteiger partial charge in [0, 0.05) is 0 Å². The van der Waals surface area contributed by atoms with Crippen molar-refractivity contribution in [3.8, 4) is 0 Å². The minimum atomic E-state index is -0.590. The second-order valence-electron chi connectivity index (χ2n) is 5.65. The molecule has 2 aliphatic heterocycles. The zero-order valence-electron chi connectivity index (χ0n) is 12.1. The van der Waals surface area contributed by atoms with Crippen LogP contribution in [-0.2, 0) is 14.3 Å². The van der Waals surface area contributed by atoms with Crippen molar-refractivity contribution in [3.63, 3.8) is 0 Å². The molecular weight excluding hydrogens is 310 g/mol. The lowest BCUT2D eigenvalue weighted by Gasteiger charge is -2.16. The lowest BCUT2D eigenvalue weighted by molar-refractivity contribution is -0.131. The Labute approximate surface area is 131 Å². The molecule has 1 saturated heterocycles. The summed E-state index contributed by atoms with van der Waals surface area (Å²) in [4.78, 5) is 17.9. The summed E-state index contributed by atoms with van der Waals surface area (Å²) in [5.41, 5.74) is 1.98. The molecule has 9 heteroatoms. The summed E-state index contributed by atoms with van der Waals surface area (Å²) in [6.45, 7) is 4.23. The van der Waals surface area contributed by atoms with Gasteiger partial charge in [0.05, 0.1) is 18.7 Å². The number of fused-ring (bicyclic) bond motifs is 1. The van der Waals surface area contributed by atoms with E-state index in [2.05, 4.69) is 20.1 Å². The largest absolute Gasteiger partial charge is 0.370 e. The van der Waals surface area contributed by atoms with Crippen LogP contribution in [0, 0.1) is 0 Å². The van der Waals surface area contributed by atoms with Crippen molar-refractivity contribution in [1.82, 2.24) is 19.5 Å². The molecule has 2 aromatic heterocycles. The van der Waals surface area contributed by atoms with Gasteiger partial charge >= 0.3 is 0 Å². The maximum Gasteiger partial charge on any atom is 0.211 e. The Hall–Kier alpha value is -1.77. The van der Waals surface area contributed by atoms with Gasteiger partial charge in [-0.25, -0.2) is 15.0 Å². The summed E-state index contributed by atoms with van der Waals surface area (Å²) < 4.78 is 13.2. The lowest BCUT2D eigenvalue weighted by atomic mass is 10.1. The number of ether oxygens (including phenoxy) is 2. The molecule has 0 N–H and O–H groups in total. The molecule has 4 heterocycles. The van der Waals surface area contributed by atoms with Crippen LogP contribution in [0.3, 0.4) is 0 Å². The number of hydrogen-bond acceptors (Lipinski definition) is 7. The van der Waals surface area contributed by atoms with Gasteiger partial charge in [-0.3, -0.25) is 4.57 Å². The summed E-state index contributed by atoms with van der Waals surface area (Å²) >= 11 is 6.01. The number of halogens is 1. The molecule has 0 radical (unpaired) electrons. The van der Waals surface area contributed by atoms with Gasteiger partial charge in [-0.2, -0.15) is 0 Å². The van der Waals surface area contributed by atoms with Crippen molar-refractivity contribution < 1.29 is 14.3 Å². The van der Waals surface area contributed by atoms with Crippen LogP contribution in [0.5, 0.6) is 0 Å². The zero-order valence-corrected chi connectivity index (χ0v) is 12.8. The second kappa shape index (κ2) is 4.87. The predicted molar refractivity (Wildman–Crippen MR) is 77.4 cm³/mol. The van der Waals surface area contributed by atoms with E-state index >= 15 is 0 Å². The minimum absolute atomic E-state index is 0.187. The SMILES string of the molecule is CC1(C)OC[C@@H](C2=NO[C@H](n3cnc4c(Cl)ncnc43)C2)O1. The fraction of sp³-hybridized carbons (Fsp3) is 0.538. The summed E-state index contributed by atoms with van der Waals surface area (Å²) in [5.74, 6) is -0.590. The van der Waals surface area contributed by atoms with Crippen molar-refractivity contribution in [3.05, 3.63) is 17.8 Å². The first kappa shape index (κ1) is 13.9. The van der Waals surface area contributed by atoms with Crippen LogP contribution in [0.2, 0.25) is 5.15 Å². The maximum atomic E-state index is 6.01. The van der Waals surface area contributed by atoms with Crippen molar-refractivity contribution >= 4 is 28.5 Å². The Kier molecular flexibility index (Phi) is 3.07. The molecule has 4 rings (SSSR count). The van der Waals surface area contributed by atoms with Gasteiger partial charge in [0.2, 0.25) is 6.23 Å². The summed E-state index contributed by atoms with van der Waals surface area (Å²) in [5, 5.41) is 4.45. The van der Waals surface area contributed by atoms with Crippen molar-refractivity contribution in [2.75, 3.05) is 6.61 Å². The smallest absolute Gasteiger partial charge is 0.211 e. The van der Waals surface area contributed by atoms with Crippen molar-refractivity contribution in [1.29, 1.82) is 0 Å². The molecule has 0 spiro atoms. The van der Waals surface area contributed by atoms with E-state index < -0.39 is 5.79 Å². The monoisotopic (exact) mass is 323 g/mol. The van der Waals surface area contributed by atoms with Crippen LogP contribution in [0.1, 0.15) is 26.5 Å². The highest BCUT2D eigenvalue weighted by molar-refractivity contribution is 6.33. The standard InChI is InChI=1S/C13H14ClN5O3/c1-13(2)20-4-8(21-13)7-3-9(22-18-7)19-6-17-10-11(14)15-5-16-12(10)19/h5-6,8-9H,3-4H2,1-2H3/t8-,9-/m0/s1. The number of rotatable bonds is 2. The molecule has 116 valence electrons. The summed E-state index contributed by atoms with van der Waals surface area (Å²) in [6.07, 6.45) is 3.10. The molecule has 0 aromatic carbocycles. The molecule has 8 nitrogen and oxygen atoms in total. The highest BCUT2D eigenvalue weighted by Gasteiger charge is 2.39. The summed E-state index contributed by atoms with van der Waals surface area (Å²) in [6, 6.07) is 0. The molecular formula is C13H14ClN5O3. The first-order valence-electron chi connectivity index (χ1n) is 6.91. The maximum absolute atomic E-state index is 6.01. The average Bonchev–Trinajstić information content (AvgIpc) is 3.15. The fourth-order valence-corrected chi connectivity index (χ4v) is 2.78. The van der Waals surface area contributed by atoms with E-state index in [1.807, 2.05) is 13.8 Å². The first-order valence-corrected chi connectivity index (χ1v) is 7.29. The van der Waals surface area contributed by atoms with E-state index in [1.54, 1.807) is 10.9 Å². The Bertz CT molecular complexity index is 759. The third-order valence-electron chi connectivity index (χ3n) is 3.68. The molecule has 2 aromatic rings. The second-order valence-corrected chi connectivity index (χ2v) is 6.01. The molecule has 1 fully saturated rings. The van der Waals surface area contributed by atoms with Gasteiger partial charge in [-0.05, 0) is 13.8 Å². The van der Waals surface area contributed by atoms with Crippen LogP contribution < -0.4 is 0 Å². The van der Waals surface area contributed by atoms with Crippen molar-refractivity contribution in [2.24, 2.45) is 5.16 Å². The molecule has 2 atom stereocenters. The van der Waals surface area contributed by atoms with Gasteiger partial charge in [-0.15, -0.1) is 0 Å². The number of nitrogens with zero attached hydrogens (tertiary/aromatic N) is 5. The van der Waals surface area contributed by atoms with Crippen LogP contribution in [-0.4, -0.2) is 43.7 Å². The zero-order chi connectivity index (χ0) is 15.3. The molecule has 0 bridgehead atoms. The normalized spacial score (nSPS) is 27.1. The van der Waals surface area contributed by atoms with E-state index in [-0.39, 0.29) is 12.3 Å². The lowest BCUT2D eigenvalue weighted by Crippen LogP contribution is -2.26. The molecule has 0 amide bonds. The fourth-order valence-electron chi connectivity index (χ4n) is 2.61. The van der Waals surface area contributed by atoms with Gasteiger partial charge in [0.15, 0.2) is 16.6 Å². The Morgan fingerprint density at radius 1 is 1.32 bits per heavy atom. The third kappa shape index (κ3) is 2.23. The quantitative estimate of drug-likeness (QED) is 0.785. The van der Waals surface area contributed by atoms with Crippen LogP contribution in [0.25, 0.3) is 11.2 Å². The van der Waals surface area contributed by atoms with Gasteiger partial charge in [-0.1, -0.05) is 16.8 Å².